The van der Waals surface area contributed by atoms with Crippen LogP contribution in [0.1, 0.15) is 35.7 Å². The molecule has 4 heteroatoms. The molecule has 0 spiro atoms. The zero-order valence-corrected chi connectivity index (χ0v) is 11.3. The van der Waals surface area contributed by atoms with E-state index in [-0.39, 0.29) is 11.7 Å². The number of pyridine rings is 1. The minimum atomic E-state index is -0.148. The number of amides is 1. The second-order valence-corrected chi connectivity index (χ2v) is 4.39. The quantitative estimate of drug-likeness (QED) is 0.848. The molecular weight excluding hydrogens is 252 g/mol. The molecule has 0 saturated carbocycles. The zero-order valence-electron chi connectivity index (χ0n) is 11.3. The molecule has 20 heavy (non-hydrogen) atoms. The Morgan fingerprint density at radius 3 is 2.55 bits per heavy atom. The summed E-state index contributed by atoms with van der Waals surface area (Å²) in [5.74, 6) is 0.0404. The predicted molar refractivity (Wildman–Crippen MR) is 77.6 cm³/mol. The first-order chi connectivity index (χ1) is 9.72. The van der Waals surface area contributed by atoms with Crippen LogP contribution in [0, 0.1) is 0 Å². The predicted octanol–water partition coefficient (Wildman–Crippen LogP) is 3.05. The van der Waals surface area contributed by atoms with Crippen molar-refractivity contribution in [2.24, 2.45) is 0 Å². The maximum Gasteiger partial charge on any atom is 0.225 e. The molecule has 0 unspecified atom stereocenters. The Hall–Kier alpha value is -2.49. The number of nitrogens with one attached hydrogen (secondary N) is 1. The lowest BCUT2D eigenvalue weighted by molar-refractivity contribution is -0.116. The summed E-state index contributed by atoms with van der Waals surface area (Å²) in [6.45, 7) is 1.92. The first-order valence-electron chi connectivity index (χ1n) is 6.57. The van der Waals surface area contributed by atoms with Gasteiger partial charge in [-0.1, -0.05) is 37.3 Å². The SMILES string of the molecule is CCCC(=O)Nc1ncccc1C(=O)c1ccccc1. The lowest BCUT2D eigenvalue weighted by Gasteiger charge is -2.08. The average Bonchev–Trinajstić information content (AvgIpc) is 2.48. The fourth-order valence-corrected chi connectivity index (χ4v) is 1.85. The number of ketones is 1. The standard InChI is InChI=1S/C16H16N2O2/c1-2-7-14(19)18-16-13(10-6-11-17-16)15(20)12-8-4-3-5-9-12/h3-6,8-11H,2,7H2,1H3,(H,17,18,19). The molecule has 0 aliphatic heterocycles. The van der Waals surface area contributed by atoms with Gasteiger partial charge in [-0.15, -0.1) is 0 Å². The van der Waals surface area contributed by atoms with Gasteiger partial charge in [-0.05, 0) is 18.6 Å². The summed E-state index contributed by atoms with van der Waals surface area (Å²) in [5.41, 5.74) is 0.981. The number of benzene rings is 1. The van der Waals surface area contributed by atoms with E-state index in [4.69, 9.17) is 0 Å². The molecule has 0 atom stereocenters. The van der Waals surface area contributed by atoms with Gasteiger partial charge in [-0.3, -0.25) is 9.59 Å². The van der Waals surface area contributed by atoms with Crippen molar-refractivity contribution < 1.29 is 9.59 Å². The molecular formula is C16H16N2O2. The third-order valence-corrected chi connectivity index (χ3v) is 2.82. The molecule has 0 aliphatic carbocycles. The molecule has 102 valence electrons. The number of aromatic nitrogens is 1. The zero-order chi connectivity index (χ0) is 14.4. The van der Waals surface area contributed by atoms with Crippen LogP contribution in [0.15, 0.2) is 48.7 Å². The molecule has 0 bridgehead atoms. The molecule has 2 aromatic rings. The van der Waals surface area contributed by atoms with Crippen LogP contribution in [0.3, 0.4) is 0 Å². The van der Waals surface area contributed by atoms with Gasteiger partial charge in [0.25, 0.3) is 0 Å². The average molecular weight is 268 g/mol. The van der Waals surface area contributed by atoms with Gasteiger partial charge in [0.1, 0.15) is 5.82 Å². The topological polar surface area (TPSA) is 59.1 Å². The van der Waals surface area contributed by atoms with Gasteiger partial charge in [0.05, 0.1) is 5.56 Å². The molecule has 1 amide bonds. The Labute approximate surface area is 117 Å². The smallest absolute Gasteiger partial charge is 0.225 e. The second kappa shape index (κ2) is 6.61. The van der Waals surface area contributed by atoms with Crippen LogP contribution in [0.4, 0.5) is 5.82 Å². The fraction of sp³-hybridized carbons (Fsp3) is 0.188. The lowest BCUT2D eigenvalue weighted by atomic mass is 10.0. The van der Waals surface area contributed by atoms with Crippen LogP contribution >= 0.6 is 0 Å². The minimum absolute atomic E-state index is 0.131. The molecule has 4 nitrogen and oxygen atoms in total. The van der Waals surface area contributed by atoms with E-state index in [1.807, 2.05) is 13.0 Å². The summed E-state index contributed by atoms with van der Waals surface area (Å²) >= 11 is 0. The molecule has 2 rings (SSSR count). The highest BCUT2D eigenvalue weighted by molar-refractivity contribution is 6.13. The van der Waals surface area contributed by atoms with Gasteiger partial charge < -0.3 is 5.32 Å². The highest BCUT2D eigenvalue weighted by Gasteiger charge is 2.15. The van der Waals surface area contributed by atoms with Gasteiger partial charge in [-0.2, -0.15) is 0 Å². The van der Waals surface area contributed by atoms with E-state index in [0.29, 0.717) is 23.4 Å². The van der Waals surface area contributed by atoms with E-state index in [2.05, 4.69) is 10.3 Å². The number of nitrogens with zero attached hydrogens (tertiary/aromatic N) is 1. The number of carbonyl (C=O) groups is 2. The molecule has 1 aromatic heterocycles. The van der Waals surface area contributed by atoms with Crippen molar-refractivity contribution in [3.63, 3.8) is 0 Å². The van der Waals surface area contributed by atoms with Gasteiger partial charge in [0.15, 0.2) is 5.78 Å². The van der Waals surface area contributed by atoms with E-state index < -0.39 is 0 Å². The molecule has 0 fully saturated rings. The van der Waals surface area contributed by atoms with E-state index in [9.17, 15) is 9.59 Å². The van der Waals surface area contributed by atoms with Crippen molar-refractivity contribution in [3.05, 3.63) is 59.8 Å². The van der Waals surface area contributed by atoms with Gasteiger partial charge in [0.2, 0.25) is 5.91 Å². The van der Waals surface area contributed by atoms with Crippen LogP contribution in [-0.2, 0) is 4.79 Å². The highest BCUT2D eigenvalue weighted by atomic mass is 16.1. The van der Waals surface area contributed by atoms with Crippen LogP contribution in [0.2, 0.25) is 0 Å². The van der Waals surface area contributed by atoms with Crippen molar-refractivity contribution in [3.8, 4) is 0 Å². The Kier molecular flexibility index (Phi) is 4.60. The first kappa shape index (κ1) is 13.9. The summed E-state index contributed by atoms with van der Waals surface area (Å²) in [7, 11) is 0. The molecule has 1 heterocycles. The summed E-state index contributed by atoms with van der Waals surface area (Å²) in [5, 5.41) is 2.69. The normalized spacial score (nSPS) is 10.1. The third-order valence-electron chi connectivity index (χ3n) is 2.82. The molecule has 0 radical (unpaired) electrons. The first-order valence-corrected chi connectivity index (χ1v) is 6.57. The van der Waals surface area contributed by atoms with Crippen LogP contribution < -0.4 is 5.32 Å². The summed E-state index contributed by atoms with van der Waals surface area (Å²) in [6, 6.07) is 12.3. The largest absolute Gasteiger partial charge is 0.310 e. The molecule has 0 saturated heterocycles. The van der Waals surface area contributed by atoms with Crippen molar-refractivity contribution >= 4 is 17.5 Å². The van der Waals surface area contributed by atoms with E-state index in [1.165, 1.54) is 0 Å². The van der Waals surface area contributed by atoms with Crippen molar-refractivity contribution in [2.75, 3.05) is 5.32 Å². The van der Waals surface area contributed by atoms with Gasteiger partial charge >= 0.3 is 0 Å². The number of hydrogen-bond donors (Lipinski definition) is 1. The molecule has 0 aliphatic rings. The summed E-state index contributed by atoms with van der Waals surface area (Å²) in [4.78, 5) is 28.2. The number of anilines is 1. The lowest BCUT2D eigenvalue weighted by Crippen LogP contribution is -2.15. The Bertz CT molecular complexity index is 609. The maximum absolute atomic E-state index is 12.4. The van der Waals surface area contributed by atoms with E-state index in [0.717, 1.165) is 6.42 Å². The summed E-state index contributed by atoms with van der Waals surface area (Å²) in [6.07, 6.45) is 2.72. The Balaban J connectivity index is 2.28. The number of hydrogen-bond acceptors (Lipinski definition) is 3. The second-order valence-electron chi connectivity index (χ2n) is 4.39. The monoisotopic (exact) mass is 268 g/mol. The number of carbonyl (C=O) groups excluding carboxylic acids is 2. The van der Waals surface area contributed by atoms with Crippen molar-refractivity contribution in [1.82, 2.24) is 4.98 Å². The van der Waals surface area contributed by atoms with E-state index in [1.54, 1.807) is 42.6 Å². The molecule has 1 aromatic carbocycles. The van der Waals surface area contributed by atoms with Crippen molar-refractivity contribution in [1.29, 1.82) is 0 Å². The fourth-order valence-electron chi connectivity index (χ4n) is 1.85. The Morgan fingerprint density at radius 1 is 1.10 bits per heavy atom. The van der Waals surface area contributed by atoms with Crippen LogP contribution in [0.5, 0.6) is 0 Å². The van der Waals surface area contributed by atoms with Crippen LogP contribution in [-0.4, -0.2) is 16.7 Å². The highest BCUT2D eigenvalue weighted by Crippen LogP contribution is 2.17. The van der Waals surface area contributed by atoms with Crippen molar-refractivity contribution in [2.45, 2.75) is 19.8 Å². The number of rotatable bonds is 5. The van der Waals surface area contributed by atoms with E-state index >= 15 is 0 Å². The van der Waals surface area contributed by atoms with Gasteiger partial charge in [0, 0.05) is 18.2 Å². The van der Waals surface area contributed by atoms with Gasteiger partial charge in [-0.25, -0.2) is 4.98 Å². The molecule has 1 N–H and O–H groups in total. The van der Waals surface area contributed by atoms with Crippen LogP contribution in [0.25, 0.3) is 0 Å². The Morgan fingerprint density at radius 2 is 1.85 bits per heavy atom. The minimum Gasteiger partial charge on any atom is -0.310 e. The summed E-state index contributed by atoms with van der Waals surface area (Å²) < 4.78 is 0. The maximum atomic E-state index is 12.4. The third kappa shape index (κ3) is 3.29.